The van der Waals surface area contributed by atoms with Gasteiger partial charge in [-0.2, -0.15) is 5.26 Å². The molecule has 0 unspecified atom stereocenters. The Balaban J connectivity index is 2.24. The third-order valence-corrected chi connectivity index (χ3v) is 4.13. The third-order valence-electron chi connectivity index (χ3n) is 3.60. The SMILES string of the molecule is CCOc1nc(-c2ccccc2)cc(-c2ccc(Br)cc2)c1C#N. The van der Waals surface area contributed by atoms with Crippen molar-refractivity contribution in [3.05, 3.63) is 70.7 Å². The molecule has 0 fully saturated rings. The second-order valence-electron chi connectivity index (χ2n) is 5.15. The number of rotatable bonds is 4. The fourth-order valence-electron chi connectivity index (χ4n) is 2.48. The number of pyridine rings is 1. The summed E-state index contributed by atoms with van der Waals surface area (Å²) in [6.45, 7) is 2.34. The van der Waals surface area contributed by atoms with E-state index in [1.807, 2.05) is 67.6 Å². The summed E-state index contributed by atoms with van der Waals surface area (Å²) in [5, 5.41) is 9.62. The monoisotopic (exact) mass is 378 g/mol. The van der Waals surface area contributed by atoms with E-state index in [9.17, 15) is 5.26 Å². The molecule has 24 heavy (non-hydrogen) atoms. The smallest absolute Gasteiger partial charge is 0.232 e. The van der Waals surface area contributed by atoms with Crippen molar-refractivity contribution < 1.29 is 4.74 Å². The molecule has 1 heterocycles. The molecular formula is C20H15BrN2O. The van der Waals surface area contributed by atoms with Crippen LogP contribution in [-0.4, -0.2) is 11.6 Å². The maximum absolute atomic E-state index is 9.62. The second kappa shape index (κ2) is 7.29. The van der Waals surface area contributed by atoms with Gasteiger partial charge in [0.15, 0.2) is 0 Å². The molecule has 3 aromatic rings. The molecule has 0 radical (unpaired) electrons. The standard InChI is InChI=1S/C20H15BrN2O/c1-2-24-20-18(13-22)17(14-8-10-16(21)11-9-14)12-19(23-20)15-6-4-3-5-7-15/h3-12H,2H2,1H3. The van der Waals surface area contributed by atoms with Crippen LogP contribution in [0, 0.1) is 11.3 Å². The van der Waals surface area contributed by atoms with Gasteiger partial charge in [-0.25, -0.2) is 4.98 Å². The van der Waals surface area contributed by atoms with E-state index >= 15 is 0 Å². The zero-order chi connectivity index (χ0) is 16.9. The van der Waals surface area contributed by atoms with Gasteiger partial charge in [-0.1, -0.05) is 58.4 Å². The van der Waals surface area contributed by atoms with Gasteiger partial charge in [0.1, 0.15) is 11.6 Å². The highest BCUT2D eigenvalue weighted by Crippen LogP contribution is 2.33. The van der Waals surface area contributed by atoms with E-state index < -0.39 is 0 Å². The Bertz CT molecular complexity index is 884. The van der Waals surface area contributed by atoms with Crippen LogP contribution in [0.4, 0.5) is 0 Å². The summed E-state index contributed by atoms with van der Waals surface area (Å²) >= 11 is 3.44. The molecule has 0 aliphatic carbocycles. The summed E-state index contributed by atoms with van der Waals surface area (Å²) in [4.78, 5) is 4.55. The third kappa shape index (κ3) is 3.32. The molecule has 0 aliphatic rings. The number of aromatic nitrogens is 1. The van der Waals surface area contributed by atoms with Crippen molar-refractivity contribution >= 4 is 15.9 Å². The minimum atomic E-state index is 0.374. The minimum absolute atomic E-state index is 0.374. The molecule has 0 atom stereocenters. The first kappa shape index (κ1) is 16.2. The first-order valence-corrected chi connectivity index (χ1v) is 8.41. The molecule has 1 aromatic heterocycles. The number of nitriles is 1. The van der Waals surface area contributed by atoms with Crippen LogP contribution in [-0.2, 0) is 0 Å². The van der Waals surface area contributed by atoms with Gasteiger partial charge in [-0.05, 0) is 30.7 Å². The van der Waals surface area contributed by atoms with Crippen molar-refractivity contribution in [2.75, 3.05) is 6.61 Å². The predicted octanol–water partition coefficient (Wildman–Crippen LogP) is 5.45. The lowest BCUT2D eigenvalue weighted by molar-refractivity contribution is 0.326. The fraction of sp³-hybridized carbons (Fsp3) is 0.100. The molecule has 3 rings (SSSR count). The summed E-state index contributed by atoms with van der Waals surface area (Å²) in [6.07, 6.45) is 0. The molecule has 2 aromatic carbocycles. The van der Waals surface area contributed by atoms with Crippen LogP contribution >= 0.6 is 15.9 Å². The number of benzene rings is 2. The van der Waals surface area contributed by atoms with Gasteiger partial charge in [-0.15, -0.1) is 0 Å². The molecule has 0 amide bonds. The topological polar surface area (TPSA) is 45.9 Å². The summed E-state index contributed by atoms with van der Waals surface area (Å²) in [5.41, 5.74) is 4.01. The van der Waals surface area contributed by atoms with Gasteiger partial charge in [0, 0.05) is 15.6 Å². The van der Waals surface area contributed by atoms with Gasteiger partial charge < -0.3 is 4.74 Å². The fourth-order valence-corrected chi connectivity index (χ4v) is 2.75. The van der Waals surface area contributed by atoms with Gasteiger partial charge in [0.25, 0.3) is 0 Å². The number of hydrogen-bond donors (Lipinski definition) is 0. The van der Waals surface area contributed by atoms with E-state index in [0.29, 0.717) is 18.1 Å². The molecular weight excluding hydrogens is 364 g/mol. The normalized spacial score (nSPS) is 10.2. The van der Waals surface area contributed by atoms with Crippen molar-refractivity contribution in [2.24, 2.45) is 0 Å². The number of ether oxygens (including phenoxy) is 1. The highest BCUT2D eigenvalue weighted by molar-refractivity contribution is 9.10. The van der Waals surface area contributed by atoms with E-state index in [4.69, 9.17) is 4.74 Å². The summed E-state index contributed by atoms with van der Waals surface area (Å²) in [5.74, 6) is 0.374. The Hall–Kier alpha value is -2.64. The lowest BCUT2D eigenvalue weighted by Crippen LogP contribution is -2.01. The summed E-state index contributed by atoms with van der Waals surface area (Å²) in [6, 6.07) is 21.9. The first-order chi connectivity index (χ1) is 11.7. The summed E-state index contributed by atoms with van der Waals surface area (Å²) < 4.78 is 6.63. The van der Waals surface area contributed by atoms with Crippen molar-refractivity contribution in [3.63, 3.8) is 0 Å². The van der Waals surface area contributed by atoms with Crippen LogP contribution in [0.1, 0.15) is 12.5 Å². The molecule has 118 valence electrons. The maximum Gasteiger partial charge on any atom is 0.232 e. The van der Waals surface area contributed by atoms with Crippen LogP contribution in [0.25, 0.3) is 22.4 Å². The van der Waals surface area contributed by atoms with Gasteiger partial charge >= 0.3 is 0 Å². The van der Waals surface area contributed by atoms with Gasteiger partial charge in [0.2, 0.25) is 5.88 Å². The predicted molar refractivity (Wildman–Crippen MR) is 98.7 cm³/mol. The van der Waals surface area contributed by atoms with E-state index in [1.165, 1.54) is 0 Å². The van der Waals surface area contributed by atoms with Crippen LogP contribution in [0.2, 0.25) is 0 Å². The van der Waals surface area contributed by atoms with Crippen LogP contribution < -0.4 is 4.74 Å². The molecule has 0 saturated heterocycles. The molecule has 0 aliphatic heterocycles. The Morgan fingerprint density at radius 3 is 2.38 bits per heavy atom. The van der Waals surface area contributed by atoms with E-state index in [0.717, 1.165) is 26.9 Å². The van der Waals surface area contributed by atoms with Gasteiger partial charge in [0.05, 0.1) is 12.3 Å². The van der Waals surface area contributed by atoms with E-state index in [2.05, 4.69) is 27.0 Å². The van der Waals surface area contributed by atoms with Gasteiger partial charge in [-0.3, -0.25) is 0 Å². The van der Waals surface area contributed by atoms with Crippen molar-refractivity contribution in [3.8, 4) is 34.3 Å². The average Bonchev–Trinajstić information content (AvgIpc) is 2.63. The van der Waals surface area contributed by atoms with Crippen LogP contribution in [0.5, 0.6) is 5.88 Å². The van der Waals surface area contributed by atoms with Crippen LogP contribution in [0.3, 0.4) is 0 Å². The van der Waals surface area contributed by atoms with E-state index in [-0.39, 0.29) is 0 Å². The Morgan fingerprint density at radius 2 is 1.75 bits per heavy atom. The number of nitrogens with zero attached hydrogens (tertiary/aromatic N) is 2. The van der Waals surface area contributed by atoms with Crippen molar-refractivity contribution in [1.82, 2.24) is 4.98 Å². The minimum Gasteiger partial charge on any atom is -0.477 e. The Morgan fingerprint density at radius 1 is 1.04 bits per heavy atom. The molecule has 0 N–H and O–H groups in total. The highest BCUT2D eigenvalue weighted by Gasteiger charge is 2.16. The van der Waals surface area contributed by atoms with Crippen molar-refractivity contribution in [1.29, 1.82) is 5.26 Å². The molecule has 0 saturated carbocycles. The maximum atomic E-state index is 9.62. The molecule has 0 bridgehead atoms. The molecule has 4 heteroatoms. The lowest BCUT2D eigenvalue weighted by Gasteiger charge is -2.12. The summed E-state index contributed by atoms with van der Waals surface area (Å²) in [7, 11) is 0. The quantitative estimate of drug-likeness (QED) is 0.606. The highest BCUT2D eigenvalue weighted by atomic mass is 79.9. The largest absolute Gasteiger partial charge is 0.477 e. The van der Waals surface area contributed by atoms with Crippen LogP contribution in [0.15, 0.2) is 65.1 Å². The lowest BCUT2D eigenvalue weighted by atomic mass is 9.99. The first-order valence-electron chi connectivity index (χ1n) is 7.62. The zero-order valence-electron chi connectivity index (χ0n) is 13.2. The zero-order valence-corrected chi connectivity index (χ0v) is 14.7. The number of halogens is 1. The number of hydrogen-bond acceptors (Lipinski definition) is 3. The van der Waals surface area contributed by atoms with Crippen molar-refractivity contribution in [2.45, 2.75) is 6.92 Å². The van der Waals surface area contributed by atoms with E-state index in [1.54, 1.807) is 0 Å². The Kier molecular flexibility index (Phi) is 4.93. The Labute approximate surface area is 149 Å². The average molecular weight is 379 g/mol. The molecule has 3 nitrogen and oxygen atoms in total. The second-order valence-corrected chi connectivity index (χ2v) is 6.07. The molecule has 0 spiro atoms.